The van der Waals surface area contributed by atoms with Crippen molar-refractivity contribution in [2.24, 2.45) is 0 Å². The number of esters is 1. The highest BCUT2D eigenvalue weighted by Gasteiger charge is 2.08. The third-order valence-corrected chi connectivity index (χ3v) is 4.35. The number of carbonyl (C=O) groups is 2. The molecule has 3 aromatic carbocycles. The van der Waals surface area contributed by atoms with Gasteiger partial charge in [-0.05, 0) is 53.6 Å². The molecule has 0 radical (unpaired) electrons. The van der Waals surface area contributed by atoms with E-state index in [9.17, 15) is 9.59 Å². The number of methoxy groups -OCH3 is 2. The van der Waals surface area contributed by atoms with Crippen LogP contribution in [0.2, 0.25) is 0 Å². The maximum atomic E-state index is 12.6. The van der Waals surface area contributed by atoms with Crippen LogP contribution < -0.4 is 10.1 Å². The van der Waals surface area contributed by atoms with Crippen LogP contribution in [0.15, 0.2) is 72.8 Å². The second-order valence-corrected chi connectivity index (χ2v) is 6.22. The molecule has 29 heavy (non-hydrogen) atoms. The summed E-state index contributed by atoms with van der Waals surface area (Å²) in [5, 5.41) is 2.94. The Bertz CT molecular complexity index is 1020. The van der Waals surface area contributed by atoms with Crippen molar-refractivity contribution in [2.75, 3.05) is 19.5 Å². The highest BCUT2D eigenvalue weighted by molar-refractivity contribution is 6.05. The first-order valence-corrected chi connectivity index (χ1v) is 9.01. The van der Waals surface area contributed by atoms with Crippen molar-refractivity contribution in [1.29, 1.82) is 0 Å². The number of ether oxygens (including phenoxy) is 2. The lowest BCUT2D eigenvalue weighted by Gasteiger charge is -2.09. The summed E-state index contributed by atoms with van der Waals surface area (Å²) in [5.74, 6) is 0.131. The number of hydrogen-bond donors (Lipinski definition) is 1. The molecule has 5 nitrogen and oxygen atoms in total. The number of benzene rings is 3. The molecule has 0 heterocycles. The van der Waals surface area contributed by atoms with Gasteiger partial charge in [-0.25, -0.2) is 4.79 Å². The number of rotatable bonds is 6. The molecule has 1 N–H and O–H groups in total. The SMILES string of the molecule is COC(=O)c1ccc(/C=C\c2ccccc2NC(=O)c2ccc(OC)cc2)cc1. The molecule has 146 valence electrons. The van der Waals surface area contributed by atoms with E-state index < -0.39 is 0 Å². The summed E-state index contributed by atoms with van der Waals surface area (Å²) in [6.45, 7) is 0. The number of para-hydroxylation sites is 1. The van der Waals surface area contributed by atoms with Crippen LogP contribution in [0.4, 0.5) is 5.69 Å². The van der Waals surface area contributed by atoms with E-state index in [-0.39, 0.29) is 11.9 Å². The normalized spacial score (nSPS) is 10.6. The third kappa shape index (κ3) is 5.11. The lowest BCUT2D eigenvalue weighted by molar-refractivity contribution is 0.0600. The minimum Gasteiger partial charge on any atom is -0.497 e. The van der Waals surface area contributed by atoms with Gasteiger partial charge in [0.05, 0.1) is 19.8 Å². The van der Waals surface area contributed by atoms with Gasteiger partial charge in [0.15, 0.2) is 0 Å². The molecule has 0 atom stereocenters. The molecule has 1 amide bonds. The van der Waals surface area contributed by atoms with Gasteiger partial charge in [-0.15, -0.1) is 0 Å². The summed E-state index contributed by atoms with van der Waals surface area (Å²) in [7, 11) is 2.94. The van der Waals surface area contributed by atoms with Crippen LogP contribution >= 0.6 is 0 Å². The van der Waals surface area contributed by atoms with Crippen molar-refractivity contribution in [2.45, 2.75) is 0 Å². The van der Waals surface area contributed by atoms with Gasteiger partial charge in [-0.2, -0.15) is 0 Å². The number of carbonyl (C=O) groups excluding carboxylic acids is 2. The van der Waals surface area contributed by atoms with Crippen molar-refractivity contribution in [3.63, 3.8) is 0 Å². The Hall–Kier alpha value is -3.86. The summed E-state index contributed by atoms with van der Waals surface area (Å²) < 4.78 is 9.82. The fourth-order valence-electron chi connectivity index (χ4n) is 2.73. The van der Waals surface area contributed by atoms with E-state index >= 15 is 0 Å². The van der Waals surface area contributed by atoms with Gasteiger partial charge in [0.1, 0.15) is 5.75 Å². The minimum atomic E-state index is -0.368. The van der Waals surface area contributed by atoms with Crippen LogP contribution in [-0.2, 0) is 4.74 Å². The zero-order valence-corrected chi connectivity index (χ0v) is 16.2. The van der Waals surface area contributed by atoms with Crippen molar-refractivity contribution < 1.29 is 19.1 Å². The van der Waals surface area contributed by atoms with Gasteiger partial charge in [-0.3, -0.25) is 4.79 Å². The van der Waals surface area contributed by atoms with Crippen molar-refractivity contribution >= 4 is 29.7 Å². The van der Waals surface area contributed by atoms with Gasteiger partial charge < -0.3 is 14.8 Å². The van der Waals surface area contributed by atoms with E-state index in [4.69, 9.17) is 9.47 Å². The third-order valence-electron chi connectivity index (χ3n) is 4.35. The van der Waals surface area contributed by atoms with E-state index in [1.165, 1.54) is 7.11 Å². The summed E-state index contributed by atoms with van der Waals surface area (Å²) >= 11 is 0. The first kappa shape index (κ1) is 19.9. The molecule has 0 aliphatic carbocycles. The average Bonchev–Trinajstić information content (AvgIpc) is 2.78. The van der Waals surface area contributed by atoms with Crippen LogP contribution in [0, 0.1) is 0 Å². The van der Waals surface area contributed by atoms with E-state index in [0.717, 1.165) is 11.1 Å². The lowest BCUT2D eigenvalue weighted by atomic mass is 10.1. The molecule has 3 rings (SSSR count). The van der Waals surface area contributed by atoms with Crippen molar-refractivity contribution in [3.05, 3.63) is 95.1 Å². The second kappa shape index (κ2) is 9.37. The molecule has 0 aliphatic heterocycles. The first-order chi connectivity index (χ1) is 14.1. The van der Waals surface area contributed by atoms with Gasteiger partial charge in [0, 0.05) is 11.3 Å². The fraction of sp³-hybridized carbons (Fsp3) is 0.0833. The van der Waals surface area contributed by atoms with Gasteiger partial charge >= 0.3 is 5.97 Å². The molecule has 0 spiro atoms. The molecule has 0 aliphatic rings. The standard InChI is InChI=1S/C24H21NO4/c1-28-21-15-13-19(14-16-21)23(26)25-22-6-4-3-5-18(22)10-7-17-8-11-20(12-9-17)24(27)29-2/h3-16H,1-2H3,(H,25,26)/b10-7-. The monoisotopic (exact) mass is 387 g/mol. The predicted molar refractivity (Wildman–Crippen MR) is 114 cm³/mol. The lowest BCUT2D eigenvalue weighted by Crippen LogP contribution is -2.12. The molecule has 0 saturated carbocycles. The van der Waals surface area contributed by atoms with E-state index in [0.29, 0.717) is 22.6 Å². The highest BCUT2D eigenvalue weighted by Crippen LogP contribution is 2.20. The predicted octanol–water partition coefficient (Wildman–Crippen LogP) is 4.90. The fourth-order valence-corrected chi connectivity index (χ4v) is 2.73. The number of hydrogen-bond acceptors (Lipinski definition) is 4. The Morgan fingerprint density at radius 2 is 1.45 bits per heavy atom. The van der Waals surface area contributed by atoms with Crippen molar-refractivity contribution in [3.8, 4) is 5.75 Å². The number of nitrogens with one attached hydrogen (secondary N) is 1. The van der Waals surface area contributed by atoms with Gasteiger partial charge in [0.2, 0.25) is 0 Å². The maximum absolute atomic E-state index is 12.6. The number of anilines is 1. The zero-order chi connectivity index (χ0) is 20.6. The second-order valence-electron chi connectivity index (χ2n) is 6.22. The van der Waals surface area contributed by atoms with Crippen LogP contribution in [0.25, 0.3) is 12.2 Å². The summed E-state index contributed by atoms with van der Waals surface area (Å²) in [6, 6.07) is 21.6. The Labute approximate surface area is 169 Å². The maximum Gasteiger partial charge on any atom is 0.337 e. The van der Waals surface area contributed by atoms with Crippen LogP contribution in [0.3, 0.4) is 0 Å². The summed E-state index contributed by atoms with van der Waals surface area (Å²) in [5.41, 5.74) is 3.54. The quantitative estimate of drug-likeness (QED) is 0.482. The molecule has 0 unspecified atom stereocenters. The van der Waals surface area contributed by atoms with Crippen LogP contribution in [0.1, 0.15) is 31.8 Å². The molecular formula is C24H21NO4. The summed E-state index contributed by atoms with van der Waals surface area (Å²) in [6.07, 6.45) is 3.83. The Morgan fingerprint density at radius 3 is 2.10 bits per heavy atom. The first-order valence-electron chi connectivity index (χ1n) is 9.01. The number of amides is 1. The average molecular weight is 387 g/mol. The largest absolute Gasteiger partial charge is 0.497 e. The molecule has 0 aromatic heterocycles. The topological polar surface area (TPSA) is 64.6 Å². The Kier molecular flexibility index (Phi) is 6.43. The molecule has 0 fully saturated rings. The molecule has 3 aromatic rings. The van der Waals surface area contributed by atoms with Gasteiger partial charge in [-0.1, -0.05) is 42.5 Å². The van der Waals surface area contributed by atoms with E-state index in [1.54, 1.807) is 43.5 Å². The van der Waals surface area contributed by atoms with Crippen LogP contribution in [-0.4, -0.2) is 26.1 Å². The summed E-state index contributed by atoms with van der Waals surface area (Å²) in [4.78, 5) is 24.1. The van der Waals surface area contributed by atoms with Crippen molar-refractivity contribution in [1.82, 2.24) is 0 Å². The highest BCUT2D eigenvalue weighted by atomic mass is 16.5. The minimum absolute atomic E-state index is 0.198. The molecule has 0 bridgehead atoms. The Morgan fingerprint density at radius 1 is 0.793 bits per heavy atom. The molecule has 5 heteroatoms. The Balaban J connectivity index is 1.75. The smallest absolute Gasteiger partial charge is 0.337 e. The zero-order valence-electron chi connectivity index (χ0n) is 16.2. The van der Waals surface area contributed by atoms with E-state index in [1.807, 2.05) is 48.6 Å². The van der Waals surface area contributed by atoms with E-state index in [2.05, 4.69) is 5.32 Å². The van der Waals surface area contributed by atoms with Gasteiger partial charge in [0.25, 0.3) is 5.91 Å². The van der Waals surface area contributed by atoms with Crippen LogP contribution in [0.5, 0.6) is 5.75 Å². The molecular weight excluding hydrogens is 366 g/mol. The molecule has 0 saturated heterocycles.